The van der Waals surface area contributed by atoms with Gasteiger partial charge in [-0.15, -0.1) is 26.2 Å². The standard InChI is InChI=1S/C50H48N10O6.2Ni/c61-47(55-24-16-37-12-1-5-20-51-37)43-29-41(30-44(59-43)48(62)56-25-17-38-13-2-6-21-52-38)65-33-35-10-9-11-36(28-35)34-66-42-31-45(49(63)57-26-18-39-14-3-7-22-53-39)60-46(32-42)50(64)58-27-19-40-15-4-8-23-54-40;;/h1-15,20-23,28-32H,16-19,24-27,33-34H2,(H4,55,56,57,58,61,62,63,64);;/q;2*+2/p-4. The third-order valence-corrected chi connectivity index (χ3v) is 9.67. The Labute approximate surface area is 413 Å². The van der Waals surface area contributed by atoms with Gasteiger partial charge in [-0.25, -0.2) is 9.97 Å². The van der Waals surface area contributed by atoms with Crippen LogP contribution in [0.4, 0.5) is 0 Å². The van der Waals surface area contributed by atoms with Gasteiger partial charge in [-0.2, -0.15) is 0 Å². The van der Waals surface area contributed by atoms with Crippen LogP contribution in [0, 0.1) is 0 Å². The van der Waals surface area contributed by atoms with Gasteiger partial charge in [0.05, 0.1) is 22.8 Å². The molecule has 0 aliphatic rings. The SMILES string of the molecule is O=C([N-]CCc1ccccn1)c1cc(OCc2cccc(COc3cc(C(=O)[N-]CCc4ccccn4)nc(C(=O)[N-]CCc4ccccn4)c3)c2)cc(C(=O)[N-]CCc2ccccn2)n1.[Ni+2].[Ni+2]. The summed E-state index contributed by atoms with van der Waals surface area (Å²) in [5.41, 5.74) is 4.39. The largest absolute Gasteiger partial charge is 2.00 e. The summed E-state index contributed by atoms with van der Waals surface area (Å²) < 4.78 is 12.3. The summed E-state index contributed by atoms with van der Waals surface area (Å²) in [7, 11) is 0. The van der Waals surface area contributed by atoms with E-state index in [1.807, 2.05) is 97.1 Å². The number of ether oxygens (including phenoxy) is 2. The van der Waals surface area contributed by atoms with E-state index in [-0.39, 0.29) is 107 Å². The molecule has 6 aromatic heterocycles. The van der Waals surface area contributed by atoms with Gasteiger partial charge < -0.3 is 49.9 Å². The van der Waals surface area contributed by atoms with Crippen LogP contribution in [-0.4, -0.2) is 79.7 Å². The molecule has 68 heavy (non-hydrogen) atoms. The number of hydrogen-bond donors (Lipinski definition) is 0. The molecule has 0 radical (unpaired) electrons. The van der Waals surface area contributed by atoms with Gasteiger partial charge in [0.1, 0.15) is 48.3 Å². The average Bonchev–Trinajstić information content (AvgIpc) is 3.36. The first-order valence-corrected chi connectivity index (χ1v) is 21.2. The number of rotatable bonds is 22. The minimum absolute atomic E-state index is 0. The van der Waals surface area contributed by atoms with Crippen molar-refractivity contribution >= 4 is 23.6 Å². The van der Waals surface area contributed by atoms with E-state index < -0.39 is 23.6 Å². The van der Waals surface area contributed by atoms with Crippen molar-refractivity contribution in [2.45, 2.75) is 38.9 Å². The molecule has 1 aromatic carbocycles. The summed E-state index contributed by atoms with van der Waals surface area (Å²) in [6.07, 6.45) is 8.48. The zero-order valence-corrected chi connectivity index (χ0v) is 38.5. The quantitative estimate of drug-likeness (QED) is 0.0586. The topological polar surface area (TPSA) is 220 Å². The Morgan fingerprint density at radius 1 is 0.382 bits per heavy atom. The maximum Gasteiger partial charge on any atom is 2.00 e. The Bertz CT molecular complexity index is 2370. The molecule has 6 heterocycles. The maximum absolute atomic E-state index is 13.3. The molecule has 4 amide bonds. The van der Waals surface area contributed by atoms with Crippen LogP contribution in [0.15, 0.2) is 146 Å². The third-order valence-electron chi connectivity index (χ3n) is 9.67. The van der Waals surface area contributed by atoms with Gasteiger partial charge in [-0.3, -0.25) is 19.9 Å². The van der Waals surface area contributed by atoms with Gasteiger partial charge in [0.15, 0.2) is 0 Å². The Kier molecular flexibility index (Phi) is 20.7. The van der Waals surface area contributed by atoms with E-state index in [1.54, 1.807) is 24.8 Å². The molecule has 18 heteroatoms. The van der Waals surface area contributed by atoms with Gasteiger partial charge in [-0.1, -0.05) is 42.5 Å². The predicted octanol–water partition coefficient (Wildman–Crippen LogP) is 8.24. The first kappa shape index (κ1) is 51.6. The third kappa shape index (κ3) is 16.5. The van der Waals surface area contributed by atoms with Crippen molar-refractivity contribution < 1.29 is 61.6 Å². The second-order valence-corrected chi connectivity index (χ2v) is 14.6. The van der Waals surface area contributed by atoms with Crippen molar-refractivity contribution in [3.05, 3.63) is 224 Å². The van der Waals surface area contributed by atoms with Crippen LogP contribution in [0.2, 0.25) is 0 Å². The molecule has 16 nitrogen and oxygen atoms in total. The first-order valence-electron chi connectivity index (χ1n) is 21.2. The Balaban J connectivity index is 0.00000432. The van der Waals surface area contributed by atoms with E-state index >= 15 is 0 Å². The first-order chi connectivity index (χ1) is 32.3. The molecule has 0 bridgehead atoms. The Morgan fingerprint density at radius 2 is 0.676 bits per heavy atom. The summed E-state index contributed by atoms with van der Waals surface area (Å²) >= 11 is 0. The average molecular weight is 998 g/mol. The summed E-state index contributed by atoms with van der Waals surface area (Å²) in [5, 5.41) is 16.7. The summed E-state index contributed by atoms with van der Waals surface area (Å²) in [6, 6.07) is 35.2. The molecule has 0 aliphatic heterocycles. The van der Waals surface area contributed by atoms with Crippen molar-refractivity contribution in [1.82, 2.24) is 29.9 Å². The zero-order valence-electron chi connectivity index (χ0n) is 36.5. The second-order valence-electron chi connectivity index (χ2n) is 14.6. The van der Waals surface area contributed by atoms with Crippen molar-refractivity contribution in [3.63, 3.8) is 0 Å². The molecular weight excluding hydrogens is 954 g/mol. The molecule has 0 saturated carbocycles. The molecule has 7 rings (SSSR count). The molecule has 0 unspecified atom stereocenters. The van der Waals surface area contributed by atoms with Crippen LogP contribution >= 0.6 is 0 Å². The second kappa shape index (κ2) is 27.3. The number of nitrogens with zero attached hydrogens (tertiary/aromatic N) is 10. The number of aromatic nitrogens is 6. The fourth-order valence-electron chi connectivity index (χ4n) is 6.35. The molecule has 350 valence electrons. The van der Waals surface area contributed by atoms with E-state index in [9.17, 15) is 19.2 Å². The zero-order chi connectivity index (χ0) is 45.8. The van der Waals surface area contributed by atoms with Gasteiger partial charge in [0, 0.05) is 71.8 Å². The van der Waals surface area contributed by atoms with E-state index in [2.05, 4.69) is 51.2 Å². The number of hydrogen-bond acceptors (Lipinski definition) is 12. The van der Waals surface area contributed by atoms with Gasteiger partial charge in [-0.05, 0) is 91.4 Å². The number of carbonyl (C=O) groups excluding carboxylic acids is 4. The molecular formula is C50H44N10Ni2O6. The number of pyridine rings is 6. The van der Waals surface area contributed by atoms with Crippen LogP contribution in [0.25, 0.3) is 21.3 Å². The van der Waals surface area contributed by atoms with Crippen molar-refractivity contribution in [2.75, 3.05) is 26.2 Å². The van der Waals surface area contributed by atoms with Crippen LogP contribution < -0.4 is 9.47 Å². The molecule has 7 aromatic rings. The molecule has 0 aliphatic carbocycles. The molecule has 0 atom stereocenters. The monoisotopic (exact) mass is 996 g/mol. The summed E-state index contributed by atoms with van der Waals surface area (Å²) in [4.78, 5) is 78.8. The molecule has 0 spiro atoms. The molecule has 0 saturated heterocycles. The van der Waals surface area contributed by atoms with Crippen molar-refractivity contribution in [3.8, 4) is 11.5 Å². The van der Waals surface area contributed by atoms with Crippen LogP contribution in [-0.2, 0) is 71.9 Å². The van der Waals surface area contributed by atoms with Crippen LogP contribution in [0.3, 0.4) is 0 Å². The predicted molar refractivity (Wildman–Crippen MR) is 246 cm³/mol. The summed E-state index contributed by atoms with van der Waals surface area (Å²) in [5.74, 6) is -2.00. The van der Waals surface area contributed by atoms with E-state index in [0.717, 1.165) is 33.9 Å². The van der Waals surface area contributed by atoms with Crippen LogP contribution in [0.1, 0.15) is 75.9 Å². The summed E-state index contributed by atoms with van der Waals surface area (Å²) in [6.45, 7) is 0.808. The van der Waals surface area contributed by atoms with Crippen molar-refractivity contribution in [1.29, 1.82) is 0 Å². The van der Waals surface area contributed by atoms with E-state index in [1.165, 1.54) is 24.3 Å². The number of amides is 4. The fourth-order valence-corrected chi connectivity index (χ4v) is 6.35. The normalized spacial score (nSPS) is 10.4. The Hall–Kier alpha value is -7.41. The number of benzene rings is 1. The number of carbonyl (C=O) groups is 4. The van der Waals surface area contributed by atoms with E-state index in [4.69, 9.17) is 9.47 Å². The minimum atomic E-state index is -0.611. The minimum Gasteiger partial charge on any atom is -0.647 e. The smallest absolute Gasteiger partial charge is 0.647 e. The van der Waals surface area contributed by atoms with Crippen molar-refractivity contribution in [2.24, 2.45) is 0 Å². The van der Waals surface area contributed by atoms with Gasteiger partial charge in [0.25, 0.3) is 0 Å². The fraction of sp³-hybridized carbons (Fsp3) is 0.200. The molecule has 0 N–H and O–H groups in total. The molecule has 0 fully saturated rings. The Morgan fingerprint density at radius 3 is 0.941 bits per heavy atom. The van der Waals surface area contributed by atoms with Gasteiger partial charge >= 0.3 is 33.0 Å². The maximum atomic E-state index is 13.3. The van der Waals surface area contributed by atoms with Crippen LogP contribution in [0.5, 0.6) is 11.5 Å². The van der Waals surface area contributed by atoms with E-state index in [0.29, 0.717) is 25.7 Å². The van der Waals surface area contributed by atoms with Gasteiger partial charge in [0.2, 0.25) is 0 Å².